The van der Waals surface area contributed by atoms with Crippen molar-refractivity contribution in [3.63, 3.8) is 0 Å². The van der Waals surface area contributed by atoms with Crippen LogP contribution in [0.1, 0.15) is 6.92 Å². The molecule has 0 bridgehead atoms. The maximum Gasteiger partial charge on any atom is 0.332 e. The Balaban J connectivity index is 3.39. The summed E-state index contributed by atoms with van der Waals surface area (Å²) in [5, 5.41) is 8.36. The Morgan fingerprint density at radius 3 is 2.62 bits per heavy atom. The molecule has 8 heavy (non-hydrogen) atoms. The van der Waals surface area contributed by atoms with Gasteiger partial charge >= 0.3 is 5.97 Å². The lowest BCUT2D eigenvalue weighted by Gasteiger charge is -2.01. The first-order valence-corrected chi connectivity index (χ1v) is 2.18. The van der Waals surface area contributed by atoms with Gasteiger partial charge in [0.2, 0.25) is 0 Å². The Morgan fingerprint density at radius 2 is 2.50 bits per heavy atom. The molecule has 0 amide bonds. The summed E-state index contributed by atoms with van der Waals surface area (Å²) >= 11 is 0. The summed E-state index contributed by atoms with van der Waals surface area (Å²) in [4.78, 5) is 10.1. The van der Waals surface area contributed by atoms with E-state index in [1.165, 1.54) is 6.92 Å². The summed E-state index contributed by atoms with van der Waals surface area (Å²) in [5.41, 5.74) is 0. The van der Waals surface area contributed by atoms with Crippen molar-refractivity contribution in [2.45, 2.75) is 13.2 Å². The average Bonchev–Trinajstić information content (AvgIpc) is 1.65. The van der Waals surface area contributed by atoms with Crippen LogP contribution in [-0.2, 0) is 9.53 Å². The summed E-state index contributed by atoms with van der Waals surface area (Å²) in [6.07, 6.45) is -0.0484. The van der Waals surface area contributed by atoms with Crippen molar-refractivity contribution in [2.24, 2.45) is 0 Å². The second-order valence-corrected chi connectivity index (χ2v) is 1.24. The molecule has 46 valence electrons. The smallest absolute Gasteiger partial charge is 0.332 e. The van der Waals surface area contributed by atoms with Gasteiger partial charge in [-0.05, 0) is 6.92 Å². The van der Waals surface area contributed by atoms with Crippen LogP contribution >= 0.6 is 0 Å². The van der Waals surface area contributed by atoms with E-state index in [0.29, 0.717) is 0 Å². The van der Waals surface area contributed by atoms with E-state index >= 15 is 0 Å². The molecule has 0 aromatic carbocycles. The van der Waals surface area contributed by atoms with Gasteiger partial charge < -0.3 is 9.84 Å². The van der Waals surface area contributed by atoms with Gasteiger partial charge in [0.05, 0.1) is 0 Å². The average molecular weight is 116 g/mol. The van der Waals surface area contributed by atoms with Gasteiger partial charge in [0.1, 0.15) is 0 Å². The van der Waals surface area contributed by atoms with Crippen molar-refractivity contribution in [3.05, 3.63) is 12.7 Å². The number of carbonyl (C=O) groups excluding carboxylic acids is 1. The molecule has 3 heteroatoms. The van der Waals surface area contributed by atoms with Crippen LogP contribution in [0.15, 0.2) is 12.7 Å². The van der Waals surface area contributed by atoms with E-state index in [1.54, 1.807) is 0 Å². The number of hydrogen-bond donors (Lipinski definition) is 1. The summed E-state index contributed by atoms with van der Waals surface area (Å²) < 4.78 is 4.20. The minimum absolute atomic E-state index is 0.611. The molecule has 1 atom stereocenters. The normalized spacial score (nSPS) is 12.2. The van der Waals surface area contributed by atoms with E-state index < -0.39 is 12.3 Å². The fourth-order valence-electron chi connectivity index (χ4n) is 0.216. The molecular weight excluding hydrogens is 108 g/mol. The number of rotatable bonds is 2. The highest BCUT2D eigenvalue weighted by atomic mass is 16.6. The highest BCUT2D eigenvalue weighted by Gasteiger charge is 1.97. The minimum atomic E-state index is -1.04. The third kappa shape index (κ3) is 3.36. The van der Waals surface area contributed by atoms with E-state index in [2.05, 4.69) is 11.3 Å². The lowest BCUT2D eigenvalue weighted by Crippen LogP contribution is -2.10. The zero-order valence-corrected chi connectivity index (χ0v) is 4.63. The Hall–Kier alpha value is -0.830. The van der Waals surface area contributed by atoms with Gasteiger partial charge in [-0.15, -0.1) is 0 Å². The zero-order chi connectivity index (χ0) is 6.57. The third-order valence-corrected chi connectivity index (χ3v) is 0.453. The first-order valence-electron chi connectivity index (χ1n) is 2.18. The Kier molecular flexibility index (Phi) is 2.88. The monoisotopic (exact) mass is 116 g/mol. The predicted molar refractivity (Wildman–Crippen MR) is 28.0 cm³/mol. The van der Waals surface area contributed by atoms with E-state index in [4.69, 9.17) is 5.11 Å². The molecule has 0 aliphatic rings. The zero-order valence-electron chi connectivity index (χ0n) is 4.63. The van der Waals surface area contributed by atoms with Crippen molar-refractivity contribution in [2.75, 3.05) is 0 Å². The summed E-state index contributed by atoms with van der Waals surface area (Å²) in [7, 11) is 0. The van der Waals surface area contributed by atoms with Gasteiger partial charge in [-0.2, -0.15) is 0 Å². The van der Waals surface area contributed by atoms with Gasteiger partial charge in [0.25, 0.3) is 0 Å². The molecule has 0 aliphatic carbocycles. The van der Waals surface area contributed by atoms with Crippen LogP contribution in [0.4, 0.5) is 0 Å². The first kappa shape index (κ1) is 7.17. The molecule has 0 heterocycles. The topological polar surface area (TPSA) is 46.5 Å². The van der Waals surface area contributed by atoms with Crippen LogP contribution in [0, 0.1) is 0 Å². The number of aliphatic hydroxyl groups is 1. The molecule has 0 fully saturated rings. The standard InChI is InChI=1S/C5H8O3/c1-3-5(7)8-4(2)6/h3-4,6H,1H2,2H3. The molecule has 0 saturated heterocycles. The van der Waals surface area contributed by atoms with Crippen LogP contribution in [-0.4, -0.2) is 17.4 Å². The van der Waals surface area contributed by atoms with E-state index in [0.717, 1.165) is 6.08 Å². The SMILES string of the molecule is C=CC(=O)OC(C)O. The molecule has 0 radical (unpaired) electrons. The fourth-order valence-corrected chi connectivity index (χ4v) is 0.216. The van der Waals surface area contributed by atoms with Crippen molar-refractivity contribution in [1.82, 2.24) is 0 Å². The number of esters is 1. The van der Waals surface area contributed by atoms with E-state index in [1.807, 2.05) is 0 Å². The van der Waals surface area contributed by atoms with Gasteiger partial charge in [0.15, 0.2) is 6.29 Å². The third-order valence-electron chi connectivity index (χ3n) is 0.453. The maximum atomic E-state index is 10.1. The molecule has 0 rings (SSSR count). The van der Waals surface area contributed by atoms with Crippen LogP contribution in [0.3, 0.4) is 0 Å². The maximum absolute atomic E-state index is 10.1. The molecule has 3 nitrogen and oxygen atoms in total. The van der Waals surface area contributed by atoms with E-state index in [9.17, 15) is 4.79 Å². The number of hydrogen-bond acceptors (Lipinski definition) is 3. The molecular formula is C5H8O3. The predicted octanol–water partition coefficient (Wildman–Crippen LogP) is 0.0539. The van der Waals surface area contributed by atoms with Gasteiger partial charge in [-0.1, -0.05) is 6.58 Å². The molecule has 1 unspecified atom stereocenters. The van der Waals surface area contributed by atoms with Crippen molar-refractivity contribution < 1.29 is 14.6 Å². The lowest BCUT2D eigenvalue weighted by atomic mass is 10.6. The summed E-state index contributed by atoms with van der Waals surface area (Å²) in [6, 6.07) is 0. The number of ether oxygens (including phenoxy) is 1. The molecule has 0 spiro atoms. The van der Waals surface area contributed by atoms with Crippen LogP contribution in [0.25, 0.3) is 0 Å². The van der Waals surface area contributed by atoms with Crippen LogP contribution in [0.5, 0.6) is 0 Å². The largest absolute Gasteiger partial charge is 0.433 e. The van der Waals surface area contributed by atoms with Crippen molar-refractivity contribution in [3.8, 4) is 0 Å². The fraction of sp³-hybridized carbons (Fsp3) is 0.400. The van der Waals surface area contributed by atoms with Crippen LogP contribution < -0.4 is 0 Å². The molecule has 0 aromatic heterocycles. The molecule has 0 aliphatic heterocycles. The molecule has 0 saturated carbocycles. The Labute approximate surface area is 47.6 Å². The second-order valence-electron chi connectivity index (χ2n) is 1.24. The van der Waals surface area contributed by atoms with E-state index in [-0.39, 0.29) is 0 Å². The molecule has 0 aromatic rings. The van der Waals surface area contributed by atoms with Gasteiger partial charge in [-0.25, -0.2) is 4.79 Å². The number of aliphatic hydroxyl groups excluding tert-OH is 1. The first-order chi connectivity index (χ1) is 3.66. The Morgan fingerprint density at radius 1 is 2.00 bits per heavy atom. The second kappa shape index (κ2) is 3.21. The molecule has 1 N–H and O–H groups in total. The summed E-state index contributed by atoms with van der Waals surface area (Å²) in [5.74, 6) is -0.611. The summed E-state index contributed by atoms with van der Waals surface area (Å²) in [6.45, 7) is 4.48. The quantitative estimate of drug-likeness (QED) is 0.315. The van der Waals surface area contributed by atoms with Crippen molar-refractivity contribution >= 4 is 5.97 Å². The lowest BCUT2D eigenvalue weighted by molar-refractivity contribution is -0.158. The van der Waals surface area contributed by atoms with Crippen molar-refractivity contribution in [1.29, 1.82) is 0 Å². The van der Waals surface area contributed by atoms with Crippen LogP contribution in [0.2, 0.25) is 0 Å². The highest BCUT2D eigenvalue weighted by Crippen LogP contribution is 1.84. The minimum Gasteiger partial charge on any atom is -0.433 e. The Bertz CT molecular complexity index is 95.8. The van der Waals surface area contributed by atoms with Gasteiger partial charge in [-0.3, -0.25) is 0 Å². The number of carbonyl (C=O) groups is 1. The highest BCUT2D eigenvalue weighted by molar-refractivity contribution is 5.81. The van der Waals surface area contributed by atoms with Gasteiger partial charge in [0, 0.05) is 6.08 Å².